The smallest absolute Gasteiger partial charge is 0.382 e. The Balaban J connectivity index is 1.90. The van der Waals surface area contributed by atoms with Gasteiger partial charge in [-0.3, -0.25) is 4.79 Å². The summed E-state index contributed by atoms with van der Waals surface area (Å²) in [7, 11) is -2.06. The Hall–Kier alpha value is -2.28. The van der Waals surface area contributed by atoms with Crippen molar-refractivity contribution in [2.45, 2.75) is 21.8 Å². The summed E-state index contributed by atoms with van der Waals surface area (Å²) in [6.45, 7) is 0.928. The summed E-state index contributed by atoms with van der Waals surface area (Å²) in [6, 6.07) is 11.9. The zero-order valence-electron chi connectivity index (χ0n) is 17.1. The summed E-state index contributed by atoms with van der Waals surface area (Å²) in [5.41, 5.74) is -4.47. The third-order valence-electron chi connectivity index (χ3n) is 4.68. The first-order chi connectivity index (χ1) is 14.9. The van der Waals surface area contributed by atoms with Gasteiger partial charge < -0.3 is 19.1 Å². The van der Waals surface area contributed by atoms with Crippen LogP contribution in [0.5, 0.6) is 5.75 Å². The van der Waals surface area contributed by atoms with Gasteiger partial charge in [-0.2, -0.15) is 21.6 Å². The number of carbonyl (C=O) groups excluding carboxylic acids is 1. The van der Waals surface area contributed by atoms with Gasteiger partial charge in [-0.25, -0.2) is 0 Å². The van der Waals surface area contributed by atoms with Crippen LogP contribution in [0, 0.1) is 0 Å². The van der Waals surface area contributed by atoms with E-state index in [-0.39, 0.29) is 0 Å². The Morgan fingerprint density at radius 2 is 1.75 bits per heavy atom. The number of hydrogen-bond acceptors (Lipinski definition) is 7. The molecule has 1 aliphatic heterocycles. The summed E-state index contributed by atoms with van der Waals surface area (Å²) in [5.74, 6) is -1.03. The molecular formula is C20H21F3N2O5S2. The molecule has 0 fully saturated rings. The van der Waals surface area contributed by atoms with Gasteiger partial charge in [0.25, 0.3) is 5.91 Å². The van der Waals surface area contributed by atoms with E-state index < -0.39 is 38.6 Å². The van der Waals surface area contributed by atoms with Crippen molar-refractivity contribution >= 4 is 33.5 Å². The molecule has 12 heteroatoms. The van der Waals surface area contributed by atoms with Crippen molar-refractivity contribution in [3.05, 3.63) is 54.1 Å². The SMILES string of the molecule is CN(C)CCN1C(=O)[C@H](O)[C@H](c2ccc(OS(=O)(=O)C(F)(F)F)cc2)Sc2ccccc21. The van der Waals surface area contributed by atoms with Crippen molar-refractivity contribution in [2.24, 2.45) is 0 Å². The van der Waals surface area contributed by atoms with E-state index >= 15 is 0 Å². The molecule has 0 saturated carbocycles. The van der Waals surface area contributed by atoms with Crippen molar-refractivity contribution in [2.75, 3.05) is 32.1 Å². The number of benzene rings is 2. The summed E-state index contributed by atoms with van der Waals surface area (Å²) in [4.78, 5) is 17.3. The van der Waals surface area contributed by atoms with Gasteiger partial charge in [-0.15, -0.1) is 11.8 Å². The number of anilines is 1. The van der Waals surface area contributed by atoms with Crippen LogP contribution in [0.25, 0.3) is 0 Å². The molecule has 0 spiro atoms. The number of aliphatic hydroxyl groups is 1. The van der Waals surface area contributed by atoms with Gasteiger partial charge in [0, 0.05) is 18.0 Å². The number of alkyl halides is 3. The Morgan fingerprint density at radius 1 is 1.12 bits per heavy atom. The Kier molecular flexibility index (Phi) is 7.08. The molecule has 174 valence electrons. The summed E-state index contributed by atoms with van der Waals surface area (Å²) < 4.78 is 64.1. The number of nitrogens with zero attached hydrogens (tertiary/aromatic N) is 2. The Labute approximate surface area is 187 Å². The number of hydrogen-bond donors (Lipinski definition) is 1. The quantitative estimate of drug-likeness (QED) is 0.492. The van der Waals surface area contributed by atoms with E-state index in [2.05, 4.69) is 4.18 Å². The fraction of sp³-hybridized carbons (Fsp3) is 0.350. The lowest BCUT2D eigenvalue weighted by Gasteiger charge is -2.26. The molecule has 0 aliphatic carbocycles. The second-order valence-corrected chi connectivity index (χ2v) is 10.0. The number of aliphatic hydroxyl groups excluding tert-OH is 1. The van der Waals surface area contributed by atoms with Crippen molar-refractivity contribution in [3.8, 4) is 5.75 Å². The van der Waals surface area contributed by atoms with Crippen LogP contribution in [0.4, 0.5) is 18.9 Å². The normalized spacial score (nSPS) is 19.6. The predicted octanol–water partition coefficient (Wildman–Crippen LogP) is 3.02. The molecule has 32 heavy (non-hydrogen) atoms. The summed E-state index contributed by atoms with van der Waals surface area (Å²) in [6.07, 6.45) is -1.43. The van der Waals surface area contributed by atoms with E-state index in [4.69, 9.17) is 0 Å². The number of carbonyl (C=O) groups is 1. The molecule has 1 amide bonds. The number of likely N-dealkylation sites (N-methyl/N-ethyl adjacent to an activating group) is 1. The lowest BCUT2D eigenvalue weighted by atomic mass is 10.1. The van der Waals surface area contributed by atoms with E-state index in [0.717, 1.165) is 17.0 Å². The molecular weight excluding hydrogens is 469 g/mol. The van der Waals surface area contributed by atoms with Crippen molar-refractivity contribution in [1.29, 1.82) is 0 Å². The van der Waals surface area contributed by atoms with E-state index in [0.29, 0.717) is 24.3 Å². The number of rotatable bonds is 6. The third-order valence-corrected chi connectivity index (χ3v) is 7.05. The number of halogens is 3. The molecule has 1 N–H and O–H groups in total. The lowest BCUT2D eigenvalue weighted by Crippen LogP contribution is -2.43. The van der Waals surface area contributed by atoms with Crippen molar-refractivity contribution in [3.63, 3.8) is 0 Å². The number of para-hydroxylation sites is 1. The molecule has 3 rings (SSSR count). The van der Waals surface area contributed by atoms with Crippen LogP contribution >= 0.6 is 11.8 Å². The van der Waals surface area contributed by atoms with Gasteiger partial charge in [0.05, 0.1) is 10.9 Å². The number of thioether (sulfide) groups is 1. The van der Waals surface area contributed by atoms with Gasteiger partial charge in [0.1, 0.15) is 11.9 Å². The zero-order valence-corrected chi connectivity index (χ0v) is 18.7. The molecule has 0 bridgehead atoms. The zero-order chi connectivity index (χ0) is 23.7. The molecule has 2 aromatic rings. The van der Waals surface area contributed by atoms with Gasteiger partial charge in [0.15, 0.2) is 0 Å². The first-order valence-electron chi connectivity index (χ1n) is 9.41. The molecule has 0 unspecified atom stereocenters. The lowest BCUT2D eigenvalue weighted by molar-refractivity contribution is -0.126. The maximum Gasteiger partial charge on any atom is 0.534 e. The van der Waals surface area contributed by atoms with E-state index in [1.807, 2.05) is 25.1 Å². The van der Waals surface area contributed by atoms with E-state index in [9.17, 15) is 31.5 Å². The molecule has 7 nitrogen and oxygen atoms in total. The van der Waals surface area contributed by atoms with E-state index in [1.165, 1.54) is 28.8 Å². The van der Waals surface area contributed by atoms with Crippen LogP contribution < -0.4 is 9.08 Å². The third kappa shape index (κ3) is 5.20. The summed E-state index contributed by atoms with van der Waals surface area (Å²) in [5, 5.41) is 10.1. The average Bonchev–Trinajstić information content (AvgIpc) is 2.81. The fourth-order valence-electron chi connectivity index (χ4n) is 3.06. The van der Waals surface area contributed by atoms with Crippen LogP contribution in [0.1, 0.15) is 10.8 Å². The van der Waals surface area contributed by atoms with Gasteiger partial charge in [-0.05, 0) is 43.9 Å². The van der Waals surface area contributed by atoms with Crippen LogP contribution in [0.3, 0.4) is 0 Å². The molecule has 2 atom stereocenters. The molecule has 0 saturated heterocycles. The molecule has 1 aliphatic rings. The predicted molar refractivity (Wildman–Crippen MR) is 114 cm³/mol. The first-order valence-corrected chi connectivity index (χ1v) is 11.7. The minimum Gasteiger partial charge on any atom is -0.382 e. The fourth-order valence-corrected chi connectivity index (χ4v) is 4.78. The second-order valence-electron chi connectivity index (χ2n) is 7.30. The highest BCUT2D eigenvalue weighted by molar-refractivity contribution is 7.99. The summed E-state index contributed by atoms with van der Waals surface area (Å²) >= 11 is 1.24. The van der Waals surface area contributed by atoms with Crippen molar-refractivity contribution in [1.82, 2.24) is 4.90 Å². The average molecular weight is 491 g/mol. The molecule has 1 heterocycles. The largest absolute Gasteiger partial charge is 0.534 e. The highest BCUT2D eigenvalue weighted by Crippen LogP contribution is 2.45. The minimum absolute atomic E-state index is 0.356. The van der Waals surface area contributed by atoms with Crippen molar-refractivity contribution < 1.29 is 35.7 Å². The number of amides is 1. The van der Waals surface area contributed by atoms with Crippen LogP contribution in [0.15, 0.2) is 53.4 Å². The van der Waals surface area contributed by atoms with Gasteiger partial charge >= 0.3 is 15.6 Å². The minimum atomic E-state index is -5.79. The van der Waals surface area contributed by atoms with Crippen LogP contribution in [-0.2, 0) is 14.9 Å². The van der Waals surface area contributed by atoms with Crippen LogP contribution in [0.2, 0.25) is 0 Å². The molecule has 0 aromatic heterocycles. The van der Waals surface area contributed by atoms with Crippen LogP contribution in [-0.4, -0.2) is 63.1 Å². The Morgan fingerprint density at radius 3 is 2.34 bits per heavy atom. The highest BCUT2D eigenvalue weighted by atomic mass is 32.2. The van der Waals surface area contributed by atoms with Gasteiger partial charge in [0.2, 0.25) is 0 Å². The monoisotopic (exact) mass is 490 g/mol. The topological polar surface area (TPSA) is 87.2 Å². The molecule has 2 aromatic carbocycles. The standard InChI is InChI=1S/C20H21F3N2O5S2/c1-24(2)11-12-25-15-5-3-4-6-16(15)31-18(17(26)19(25)27)13-7-9-14(10-8-13)30-32(28,29)20(21,22)23/h3-10,17-18,26H,11-12H2,1-2H3/t17-,18+/m1/s1. The second kappa shape index (κ2) is 9.30. The van der Waals surface area contributed by atoms with E-state index in [1.54, 1.807) is 18.2 Å². The molecule has 0 radical (unpaired) electrons. The first kappa shape index (κ1) is 24.4. The Bertz CT molecular complexity index is 1080. The van der Waals surface area contributed by atoms with Gasteiger partial charge in [-0.1, -0.05) is 24.3 Å². The maximum absolute atomic E-state index is 13.1. The highest BCUT2D eigenvalue weighted by Gasteiger charge is 2.48. The number of fused-ring (bicyclic) bond motifs is 1. The maximum atomic E-state index is 13.1.